The predicted molar refractivity (Wildman–Crippen MR) is 86.9 cm³/mol. The van der Waals surface area contributed by atoms with Crippen LogP contribution in [0.15, 0.2) is 24.3 Å². The molecule has 1 aromatic heterocycles. The number of nitrogens with zero attached hydrogens (tertiary/aromatic N) is 2. The maximum Gasteiger partial charge on any atom is 0.224 e. The highest BCUT2D eigenvalue weighted by Crippen LogP contribution is 2.26. The van der Waals surface area contributed by atoms with E-state index in [1.54, 1.807) is 19.2 Å². The van der Waals surface area contributed by atoms with Crippen LogP contribution in [0, 0.1) is 6.92 Å². The summed E-state index contributed by atoms with van der Waals surface area (Å²) < 4.78 is 4.98. The molecule has 1 heterocycles. The lowest BCUT2D eigenvalue weighted by Gasteiger charge is -2.10. The summed E-state index contributed by atoms with van der Waals surface area (Å²) in [6.45, 7) is 3.14. The van der Waals surface area contributed by atoms with Crippen LogP contribution < -0.4 is 10.6 Å². The maximum absolute atomic E-state index is 6.00. The molecule has 2 aromatic rings. The smallest absolute Gasteiger partial charge is 0.224 e. The molecule has 0 atom stereocenters. The summed E-state index contributed by atoms with van der Waals surface area (Å²) in [5.41, 5.74) is 1.66. The van der Waals surface area contributed by atoms with Crippen molar-refractivity contribution in [1.29, 1.82) is 0 Å². The number of halogens is 2. The van der Waals surface area contributed by atoms with Crippen molar-refractivity contribution in [2.45, 2.75) is 6.92 Å². The Morgan fingerprint density at radius 2 is 1.95 bits per heavy atom. The molecule has 0 aliphatic carbocycles. The van der Waals surface area contributed by atoms with Crippen LogP contribution in [-0.4, -0.2) is 30.2 Å². The summed E-state index contributed by atoms with van der Waals surface area (Å²) in [6, 6.07) is 7.17. The fourth-order valence-electron chi connectivity index (χ4n) is 1.70. The Morgan fingerprint density at radius 1 is 1.14 bits per heavy atom. The minimum atomic E-state index is 0.492. The molecule has 0 saturated heterocycles. The van der Waals surface area contributed by atoms with Crippen molar-refractivity contribution in [3.63, 3.8) is 0 Å². The van der Waals surface area contributed by atoms with E-state index in [1.807, 2.05) is 19.1 Å². The van der Waals surface area contributed by atoms with E-state index in [4.69, 9.17) is 27.9 Å². The molecule has 0 bridgehead atoms. The molecule has 2 rings (SSSR count). The third-order valence-electron chi connectivity index (χ3n) is 2.64. The van der Waals surface area contributed by atoms with Crippen molar-refractivity contribution >= 4 is 40.7 Å². The number of nitrogens with one attached hydrogen (secondary N) is 2. The number of aromatic nitrogens is 2. The summed E-state index contributed by atoms with van der Waals surface area (Å²) in [4.78, 5) is 8.70. The molecule has 2 N–H and O–H groups in total. The Labute approximate surface area is 133 Å². The second-order valence-corrected chi connectivity index (χ2v) is 5.21. The van der Waals surface area contributed by atoms with Crippen molar-refractivity contribution < 1.29 is 4.74 Å². The van der Waals surface area contributed by atoms with E-state index in [2.05, 4.69) is 20.6 Å². The largest absolute Gasteiger partial charge is 0.383 e. The molecular weight excluding hydrogens is 311 g/mol. The van der Waals surface area contributed by atoms with E-state index in [9.17, 15) is 0 Å². The molecule has 5 nitrogen and oxygen atoms in total. The fraction of sp³-hybridized carbons (Fsp3) is 0.286. The number of aryl methyl sites for hydroxylation is 1. The summed E-state index contributed by atoms with van der Waals surface area (Å²) in [6.07, 6.45) is 0. The summed E-state index contributed by atoms with van der Waals surface area (Å²) >= 11 is 11.9. The lowest BCUT2D eigenvalue weighted by atomic mass is 10.3. The second-order valence-electron chi connectivity index (χ2n) is 4.39. The monoisotopic (exact) mass is 326 g/mol. The topological polar surface area (TPSA) is 59.1 Å². The van der Waals surface area contributed by atoms with Gasteiger partial charge in [0.15, 0.2) is 0 Å². The Kier molecular flexibility index (Phi) is 5.61. The Balaban J connectivity index is 2.13. The van der Waals surface area contributed by atoms with Gasteiger partial charge in [-0.3, -0.25) is 0 Å². The number of hydrogen-bond donors (Lipinski definition) is 2. The van der Waals surface area contributed by atoms with Crippen molar-refractivity contribution in [3.05, 3.63) is 40.0 Å². The molecule has 0 radical (unpaired) electrons. The van der Waals surface area contributed by atoms with Gasteiger partial charge in [-0.15, -0.1) is 0 Å². The number of rotatable bonds is 6. The van der Waals surface area contributed by atoms with Crippen LogP contribution in [0.5, 0.6) is 0 Å². The first-order valence-corrected chi connectivity index (χ1v) is 7.14. The first-order chi connectivity index (χ1) is 10.1. The number of hydrogen-bond acceptors (Lipinski definition) is 5. The summed E-state index contributed by atoms with van der Waals surface area (Å²) in [5, 5.41) is 7.29. The molecule has 21 heavy (non-hydrogen) atoms. The Hall–Kier alpha value is -1.56. The second kappa shape index (κ2) is 7.45. The third-order valence-corrected chi connectivity index (χ3v) is 3.37. The van der Waals surface area contributed by atoms with Crippen LogP contribution in [0.3, 0.4) is 0 Å². The van der Waals surface area contributed by atoms with Gasteiger partial charge in [0.25, 0.3) is 0 Å². The van der Waals surface area contributed by atoms with Gasteiger partial charge < -0.3 is 15.4 Å². The average Bonchev–Trinajstić information content (AvgIpc) is 2.43. The van der Waals surface area contributed by atoms with E-state index in [-0.39, 0.29) is 0 Å². The van der Waals surface area contributed by atoms with Gasteiger partial charge in [-0.05, 0) is 25.1 Å². The van der Waals surface area contributed by atoms with Gasteiger partial charge in [0.2, 0.25) is 5.95 Å². The SMILES string of the molecule is COCCNc1nc(C)cc(Nc2ccc(Cl)c(Cl)c2)n1. The molecule has 0 spiro atoms. The van der Waals surface area contributed by atoms with Gasteiger partial charge in [-0.2, -0.15) is 4.98 Å². The molecule has 1 aromatic carbocycles. The molecule has 0 aliphatic rings. The zero-order chi connectivity index (χ0) is 15.2. The van der Waals surface area contributed by atoms with Gasteiger partial charge >= 0.3 is 0 Å². The van der Waals surface area contributed by atoms with E-state index >= 15 is 0 Å². The van der Waals surface area contributed by atoms with Crippen molar-refractivity contribution in [2.24, 2.45) is 0 Å². The zero-order valence-electron chi connectivity index (χ0n) is 11.8. The highest BCUT2D eigenvalue weighted by Gasteiger charge is 2.04. The third kappa shape index (κ3) is 4.74. The van der Waals surface area contributed by atoms with E-state index in [0.717, 1.165) is 11.4 Å². The van der Waals surface area contributed by atoms with Gasteiger partial charge in [0.05, 0.1) is 16.7 Å². The van der Waals surface area contributed by atoms with E-state index < -0.39 is 0 Å². The normalized spacial score (nSPS) is 10.5. The molecule has 0 unspecified atom stereocenters. The van der Waals surface area contributed by atoms with Gasteiger partial charge in [-0.1, -0.05) is 23.2 Å². The maximum atomic E-state index is 6.00. The number of ether oxygens (including phenoxy) is 1. The van der Waals surface area contributed by atoms with Crippen molar-refractivity contribution in [1.82, 2.24) is 9.97 Å². The van der Waals surface area contributed by atoms with Crippen LogP contribution in [0.2, 0.25) is 10.0 Å². The molecule has 0 fully saturated rings. The Bertz CT molecular complexity index is 622. The number of benzene rings is 1. The minimum Gasteiger partial charge on any atom is -0.383 e. The zero-order valence-corrected chi connectivity index (χ0v) is 13.3. The van der Waals surface area contributed by atoms with E-state index in [1.165, 1.54) is 0 Å². The number of anilines is 3. The lowest BCUT2D eigenvalue weighted by molar-refractivity contribution is 0.210. The highest BCUT2D eigenvalue weighted by atomic mass is 35.5. The Morgan fingerprint density at radius 3 is 2.67 bits per heavy atom. The van der Waals surface area contributed by atoms with Crippen LogP contribution >= 0.6 is 23.2 Å². The van der Waals surface area contributed by atoms with Gasteiger partial charge in [0, 0.05) is 31.1 Å². The van der Waals surface area contributed by atoms with Crippen molar-refractivity contribution in [3.8, 4) is 0 Å². The number of methoxy groups -OCH3 is 1. The fourth-order valence-corrected chi connectivity index (χ4v) is 2.00. The van der Waals surface area contributed by atoms with Crippen LogP contribution in [0.1, 0.15) is 5.69 Å². The van der Waals surface area contributed by atoms with Gasteiger partial charge in [0.1, 0.15) is 5.82 Å². The summed E-state index contributed by atoms with van der Waals surface area (Å²) in [5.74, 6) is 1.23. The van der Waals surface area contributed by atoms with E-state index in [0.29, 0.717) is 35.0 Å². The molecule has 0 amide bonds. The average molecular weight is 327 g/mol. The highest BCUT2D eigenvalue weighted by molar-refractivity contribution is 6.42. The first-order valence-electron chi connectivity index (χ1n) is 6.39. The molecule has 0 aliphatic heterocycles. The standard InChI is InChI=1S/C14H16Cl2N4O/c1-9-7-13(20-14(18-9)17-5-6-21-2)19-10-3-4-11(15)12(16)8-10/h3-4,7-8H,5-6H2,1-2H3,(H2,17,18,19,20). The molecule has 7 heteroatoms. The molecular formula is C14H16Cl2N4O. The van der Waals surface area contributed by atoms with Crippen molar-refractivity contribution in [2.75, 3.05) is 30.9 Å². The first kappa shape index (κ1) is 15.8. The quantitative estimate of drug-likeness (QED) is 0.788. The predicted octanol–water partition coefficient (Wildman–Crippen LogP) is 3.89. The van der Waals surface area contributed by atoms with Crippen LogP contribution in [-0.2, 0) is 4.74 Å². The van der Waals surface area contributed by atoms with Gasteiger partial charge in [-0.25, -0.2) is 4.98 Å². The molecule has 112 valence electrons. The molecule has 0 saturated carbocycles. The summed E-state index contributed by atoms with van der Waals surface area (Å²) in [7, 11) is 1.65. The minimum absolute atomic E-state index is 0.492. The van der Waals surface area contributed by atoms with Crippen LogP contribution in [0.25, 0.3) is 0 Å². The van der Waals surface area contributed by atoms with Crippen LogP contribution in [0.4, 0.5) is 17.5 Å². The lowest BCUT2D eigenvalue weighted by Crippen LogP contribution is -2.11.